The first-order valence-electron chi connectivity index (χ1n) is 4.41. The first kappa shape index (κ1) is 10.7. The van der Waals surface area contributed by atoms with Crippen LogP contribution in [0.5, 0.6) is 0 Å². The van der Waals surface area contributed by atoms with Gasteiger partial charge in [0.15, 0.2) is 0 Å². The van der Waals surface area contributed by atoms with Crippen molar-refractivity contribution in [1.29, 1.82) is 0 Å². The predicted octanol–water partition coefficient (Wildman–Crippen LogP) is 2.00. The summed E-state index contributed by atoms with van der Waals surface area (Å²) in [5.74, 6) is -0.0615. The molecule has 0 amide bonds. The van der Waals surface area contributed by atoms with E-state index in [2.05, 4.69) is 0 Å². The van der Waals surface area contributed by atoms with Gasteiger partial charge < -0.3 is 5.11 Å². The van der Waals surface area contributed by atoms with Crippen molar-refractivity contribution in [3.8, 4) is 0 Å². The molecule has 1 unspecified atom stereocenters. The molecule has 0 saturated heterocycles. The summed E-state index contributed by atoms with van der Waals surface area (Å²) in [7, 11) is 0. The highest BCUT2D eigenvalue weighted by Crippen LogP contribution is 2.22. The maximum absolute atomic E-state index is 10.6. The van der Waals surface area contributed by atoms with E-state index in [-0.39, 0.29) is 18.2 Å². The number of nitro benzene ring substituents is 1. The van der Waals surface area contributed by atoms with Crippen LogP contribution in [0.15, 0.2) is 18.2 Å². The van der Waals surface area contributed by atoms with Gasteiger partial charge in [0, 0.05) is 24.7 Å². The van der Waals surface area contributed by atoms with Crippen molar-refractivity contribution in [2.45, 2.75) is 19.8 Å². The normalized spacial score (nSPS) is 12.5. The molecule has 0 radical (unpaired) electrons. The molecule has 1 rings (SSSR count). The summed E-state index contributed by atoms with van der Waals surface area (Å²) in [5, 5.41) is 19.5. The highest BCUT2D eigenvalue weighted by molar-refractivity contribution is 5.40. The minimum atomic E-state index is -0.416. The lowest BCUT2D eigenvalue weighted by molar-refractivity contribution is -0.385. The third-order valence-corrected chi connectivity index (χ3v) is 2.14. The van der Waals surface area contributed by atoms with Crippen molar-refractivity contribution in [3.05, 3.63) is 39.4 Å². The molecule has 0 heterocycles. The summed E-state index contributed by atoms with van der Waals surface area (Å²) in [6.07, 6.45) is 0. The number of rotatable bonds is 3. The summed E-state index contributed by atoms with van der Waals surface area (Å²) < 4.78 is 0. The molecule has 1 aromatic rings. The Balaban J connectivity index is 3.13. The van der Waals surface area contributed by atoms with Gasteiger partial charge in [0.2, 0.25) is 0 Å². The summed E-state index contributed by atoms with van der Waals surface area (Å²) in [4.78, 5) is 10.1. The van der Waals surface area contributed by atoms with Gasteiger partial charge in [-0.2, -0.15) is 0 Å². The van der Waals surface area contributed by atoms with Crippen molar-refractivity contribution in [1.82, 2.24) is 0 Å². The van der Waals surface area contributed by atoms with Crippen molar-refractivity contribution in [2.75, 3.05) is 6.61 Å². The molecule has 1 atom stereocenters. The molecule has 0 aromatic heterocycles. The van der Waals surface area contributed by atoms with E-state index in [4.69, 9.17) is 5.11 Å². The fraction of sp³-hybridized carbons (Fsp3) is 0.400. The predicted molar refractivity (Wildman–Crippen MR) is 53.3 cm³/mol. The Bertz CT molecular complexity index is 349. The van der Waals surface area contributed by atoms with Crippen LogP contribution in [0, 0.1) is 17.0 Å². The third kappa shape index (κ3) is 2.29. The highest BCUT2D eigenvalue weighted by atomic mass is 16.6. The molecule has 1 aromatic carbocycles. The lowest BCUT2D eigenvalue weighted by Gasteiger charge is -2.08. The number of benzene rings is 1. The van der Waals surface area contributed by atoms with Crippen molar-refractivity contribution >= 4 is 5.69 Å². The molecule has 0 bridgehead atoms. The van der Waals surface area contributed by atoms with Crippen LogP contribution in [-0.2, 0) is 0 Å². The van der Waals surface area contributed by atoms with Crippen LogP contribution in [0.1, 0.15) is 24.0 Å². The fourth-order valence-electron chi connectivity index (χ4n) is 1.29. The van der Waals surface area contributed by atoms with Crippen LogP contribution >= 0.6 is 0 Å². The third-order valence-electron chi connectivity index (χ3n) is 2.14. The molecule has 14 heavy (non-hydrogen) atoms. The maximum Gasteiger partial charge on any atom is 0.269 e. The van der Waals surface area contributed by atoms with Gasteiger partial charge in [-0.1, -0.05) is 13.0 Å². The van der Waals surface area contributed by atoms with Crippen molar-refractivity contribution < 1.29 is 10.0 Å². The molecule has 0 fully saturated rings. The zero-order valence-corrected chi connectivity index (χ0v) is 8.23. The van der Waals surface area contributed by atoms with Gasteiger partial charge in [0.05, 0.1) is 4.92 Å². The Kier molecular flexibility index (Phi) is 3.19. The van der Waals surface area contributed by atoms with Gasteiger partial charge >= 0.3 is 0 Å². The first-order chi connectivity index (χ1) is 6.54. The van der Waals surface area contributed by atoms with Crippen molar-refractivity contribution in [2.24, 2.45) is 0 Å². The molecule has 0 saturated carbocycles. The quantitative estimate of drug-likeness (QED) is 0.592. The summed E-state index contributed by atoms with van der Waals surface area (Å²) in [6, 6.07) is 4.88. The van der Waals surface area contributed by atoms with Crippen LogP contribution in [0.3, 0.4) is 0 Å². The largest absolute Gasteiger partial charge is 0.396 e. The summed E-state index contributed by atoms with van der Waals surface area (Å²) in [6.45, 7) is 3.64. The van der Waals surface area contributed by atoms with Crippen LogP contribution in [0.4, 0.5) is 5.69 Å². The van der Waals surface area contributed by atoms with Crippen LogP contribution in [0.25, 0.3) is 0 Å². The van der Waals surface area contributed by atoms with Gasteiger partial charge in [0.25, 0.3) is 5.69 Å². The molecule has 1 N–H and O–H groups in total. The number of hydrogen-bond acceptors (Lipinski definition) is 3. The molecule has 0 aliphatic heterocycles. The monoisotopic (exact) mass is 195 g/mol. The van der Waals surface area contributed by atoms with E-state index in [1.54, 1.807) is 6.92 Å². The minimum absolute atomic E-state index is 0.000603. The van der Waals surface area contributed by atoms with E-state index in [1.165, 1.54) is 12.1 Å². The topological polar surface area (TPSA) is 63.4 Å². The number of nitro groups is 1. The molecule has 0 aliphatic rings. The number of nitrogens with zero attached hydrogens (tertiary/aromatic N) is 1. The smallest absolute Gasteiger partial charge is 0.269 e. The van der Waals surface area contributed by atoms with Gasteiger partial charge in [-0.25, -0.2) is 0 Å². The van der Waals surface area contributed by atoms with E-state index in [1.807, 2.05) is 13.0 Å². The molecule has 76 valence electrons. The summed E-state index contributed by atoms with van der Waals surface area (Å²) in [5.41, 5.74) is 1.73. The first-order valence-corrected chi connectivity index (χ1v) is 4.41. The lowest BCUT2D eigenvalue weighted by Crippen LogP contribution is -2.00. The average Bonchev–Trinajstić information content (AvgIpc) is 2.15. The van der Waals surface area contributed by atoms with E-state index >= 15 is 0 Å². The SMILES string of the molecule is Cc1cc(C(C)CO)cc([N+](=O)[O-])c1. The maximum atomic E-state index is 10.6. The number of aliphatic hydroxyl groups excluding tert-OH is 1. The summed E-state index contributed by atoms with van der Waals surface area (Å²) >= 11 is 0. The van der Waals surface area contributed by atoms with Gasteiger partial charge in [-0.05, 0) is 18.1 Å². The molecular formula is C10H13NO3. The molecular weight excluding hydrogens is 182 g/mol. The Labute approximate surface area is 82.3 Å². The molecule has 4 nitrogen and oxygen atoms in total. The van der Waals surface area contributed by atoms with E-state index in [9.17, 15) is 10.1 Å². The Morgan fingerprint density at radius 3 is 2.64 bits per heavy atom. The van der Waals surface area contributed by atoms with E-state index < -0.39 is 4.92 Å². The lowest BCUT2D eigenvalue weighted by atomic mass is 9.99. The van der Waals surface area contributed by atoms with Gasteiger partial charge in [-0.3, -0.25) is 10.1 Å². The minimum Gasteiger partial charge on any atom is -0.396 e. The Morgan fingerprint density at radius 1 is 1.50 bits per heavy atom. The zero-order valence-electron chi connectivity index (χ0n) is 8.23. The Hall–Kier alpha value is -1.42. The van der Waals surface area contributed by atoms with Crippen LogP contribution in [0.2, 0.25) is 0 Å². The fourth-order valence-corrected chi connectivity index (χ4v) is 1.29. The number of hydrogen-bond donors (Lipinski definition) is 1. The second kappa shape index (κ2) is 4.19. The number of aliphatic hydroxyl groups is 1. The van der Waals surface area contributed by atoms with E-state index in [0.29, 0.717) is 0 Å². The molecule has 4 heteroatoms. The Morgan fingerprint density at radius 2 is 2.14 bits per heavy atom. The van der Waals surface area contributed by atoms with E-state index in [0.717, 1.165) is 11.1 Å². The standard InChI is InChI=1S/C10H13NO3/c1-7-3-9(8(2)6-12)5-10(4-7)11(13)14/h3-5,8,12H,6H2,1-2H3. The zero-order chi connectivity index (χ0) is 10.7. The number of aryl methyl sites for hydroxylation is 1. The second-order valence-corrected chi connectivity index (χ2v) is 3.44. The van der Waals surface area contributed by atoms with Crippen molar-refractivity contribution in [3.63, 3.8) is 0 Å². The van der Waals surface area contributed by atoms with Gasteiger partial charge in [-0.15, -0.1) is 0 Å². The molecule has 0 aliphatic carbocycles. The van der Waals surface area contributed by atoms with Crippen LogP contribution in [-0.4, -0.2) is 16.6 Å². The highest BCUT2D eigenvalue weighted by Gasteiger charge is 2.11. The average molecular weight is 195 g/mol. The molecule has 0 spiro atoms. The van der Waals surface area contributed by atoms with Crippen LogP contribution < -0.4 is 0 Å². The number of non-ortho nitro benzene ring substituents is 1. The second-order valence-electron chi connectivity index (χ2n) is 3.44. The van der Waals surface area contributed by atoms with Gasteiger partial charge in [0.1, 0.15) is 0 Å².